The lowest BCUT2D eigenvalue weighted by atomic mass is 10.2. The number of amides is 1. The fourth-order valence-corrected chi connectivity index (χ4v) is 3.03. The molecule has 20 heavy (non-hydrogen) atoms. The Morgan fingerprint density at radius 3 is 2.75 bits per heavy atom. The monoisotopic (exact) mass is 292 g/mol. The Labute approximate surface area is 123 Å². The molecule has 0 unspecified atom stereocenters. The van der Waals surface area contributed by atoms with E-state index in [4.69, 9.17) is 0 Å². The number of Topliss-reactive ketones (excluding diaryl/α,β-unsaturated/α-hetero) is 1. The van der Waals surface area contributed by atoms with Crippen LogP contribution in [-0.2, 0) is 4.79 Å². The second-order valence-corrected chi connectivity index (χ2v) is 5.91. The van der Waals surface area contributed by atoms with Crippen LogP contribution in [0.25, 0.3) is 0 Å². The molecule has 2 rings (SSSR count). The predicted octanol–water partition coefficient (Wildman–Crippen LogP) is 1.42. The molecule has 1 heterocycles. The van der Waals surface area contributed by atoms with E-state index in [0.29, 0.717) is 17.1 Å². The van der Waals surface area contributed by atoms with Crippen molar-refractivity contribution in [3.63, 3.8) is 0 Å². The normalized spacial score (nSPS) is 18.9. The van der Waals surface area contributed by atoms with E-state index in [-0.39, 0.29) is 17.7 Å². The lowest BCUT2D eigenvalue weighted by Crippen LogP contribution is -2.52. The van der Waals surface area contributed by atoms with Gasteiger partial charge in [0.15, 0.2) is 5.78 Å². The summed E-state index contributed by atoms with van der Waals surface area (Å²) >= 11 is 1.40. The maximum atomic E-state index is 12.1. The summed E-state index contributed by atoms with van der Waals surface area (Å²) in [7, 11) is 0. The first-order valence-electron chi connectivity index (χ1n) is 6.84. The molecule has 1 aliphatic heterocycles. The minimum atomic E-state index is 0.0803. The molecule has 0 aliphatic carbocycles. The summed E-state index contributed by atoms with van der Waals surface area (Å²) in [6.07, 6.45) is 0. The zero-order chi connectivity index (χ0) is 14.4. The SMILES string of the molecule is C[C@@H]1CNCCN1C(=O)CSCC(=O)c1ccccc1. The molecule has 4 nitrogen and oxygen atoms in total. The lowest BCUT2D eigenvalue weighted by Gasteiger charge is -2.33. The Bertz CT molecular complexity index is 464. The Morgan fingerprint density at radius 1 is 1.30 bits per heavy atom. The first kappa shape index (κ1) is 15.1. The third kappa shape index (κ3) is 4.08. The van der Waals surface area contributed by atoms with Gasteiger partial charge in [-0.1, -0.05) is 30.3 Å². The topological polar surface area (TPSA) is 49.4 Å². The van der Waals surface area contributed by atoms with Crippen molar-refractivity contribution in [1.82, 2.24) is 10.2 Å². The highest BCUT2D eigenvalue weighted by Gasteiger charge is 2.22. The third-order valence-corrected chi connectivity index (χ3v) is 4.29. The predicted molar refractivity (Wildman–Crippen MR) is 82.1 cm³/mol. The van der Waals surface area contributed by atoms with E-state index in [1.165, 1.54) is 11.8 Å². The summed E-state index contributed by atoms with van der Waals surface area (Å²) in [5.41, 5.74) is 0.711. The van der Waals surface area contributed by atoms with Gasteiger partial charge >= 0.3 is 0 Å². The Hall–Kier alpha value is -1.33. The summed E-state index contributed by atoms with van der Waals surface area (Å²) in [5, 5.41) is 3.26. The molecule has 1 fully saturated rings. The van der Waals surface area contributed by atoms with Gasteiger partial charge in [-0.05, 0) is 6.92 Å². The second-order valence-electron chi connectivity index (χ2n) is 4.92. The van der Waals surface area contributed by atoms with Crippen LogP contribution in [0.2, 0.25) is 0 Å². The molecule has 0 saturated carbocycles. The second kappa shape index (κ2) is 7.45. The van der Waals surface area contributed by atoms with E-state index in [1.807, 2.05) is 42.2 Å². The largest absolute Gasteiger partial charge is 0.337 e. The average molecular weight is 292 g/mol. The standard InChI is InChI=1S/C15H20N2O2S/c1-12-9-16-7-8-17(12)15(19)11-20-10-14(18)13-5-3-2-4-6-13/h2-6,12,16H,7-11H2,1H3/t12-/m1/s1. The summed E-state index contributed by atoms with van der Waals surface area (Å²) in [4.78, 5) is 25.9. The van der Waals surface area contributed by atoms with Crippen molar-refractivity contribution in [1.29, 1.82) is 0 Å². The van der Waals surface area contributed by atoms with E-state index in [1.54, 1.807) is 0 Å². The van der Waals surface area contributed by atoms with Crippen LogP contribution in [0.1, 0.15) is 17.3 Å². The molecule has 0 radical (unpaired) electrons. The van der Waals surface area contributed by atoms with E-state index >= 15 is 0 Å². The molecule has 0 aromatic heterocycles. The van der Waals surface area contributed by atoms with Gasteiger partial charge in [-0.25, -0.2) is 0 Å². The van der Waals surface area contributed by atoms with Crippen molar-refractivity contribution in [2.45, 2.75) is 13.0 Å². The van der Waals surface area contributed by atoms with E-state index < -0.39 is 0 Å². The number of ketones is 1. The van der Waals surface area contributed by atoms with Gasteiger partial charge in [-0.15, -0.1) is 11.8 Å². The van der Waals surface area contributed by atoms with Gasteiger partial charge < -0.3 is 10.2 Å². The molecule has 1 aromatic carbocycles. The van der Waals surface area contributed by atoms with Crippen molar-refractivity contribution >= 4 is 23.5 Å². The number of carbonyl (C=O) groups is 2. The van der Waals surface area contributed by atoms with Gasteiger partial charge in [0.25, 0.3) is 0 Å². The van der Waals surface area contributed by atoms with Crippen LogP contribution < -0.4 is 5.32 Å². The number of nitrogens with zero attached hydrogens (tertiary/aromatic N) is 1. The first-order valence-corrected chi connectivity index (χ1v) is 8.00. The zero-order valence-electron chi connectivity index (χ0n) is 11.7. The quantitative estimate of drug-likeness (QED) is 0.834. The first-order chi connectivity index (χ1) is 9.68. The number of benzene rings is 1. The number of carbonyl (C=O) groups excluding carboxylic acids is 2. The van der Waals surface area contributed by atoms with E-state index in [2.05, 4.69) is 5.32 Å². The van der Waals surface area contributed by atoms with Crippen LogP contribution in [0.15, 0.2) is 30.3 Å². The summed E-state index contributed by atoms with van der Waals surface area (Å²) in [6.45, 7) is 4.50. The van der Waals surface area contributed by atoms with Gasteiger partial charge in [-0.3, -0.25) is 9.59 Å². The van der Waals surface area contributed by atoms with Crippen molar-refractivity contribution in [3.05, 3.63) is 35.9 Å². The number of rotatable bonds is 5. The number of hydrogen-bond acceptors (Lipinski definition) is 4. The highest BCUT2D eigenvalue weighted by atomic mass is 32.2. The summed E-state index contributed by atoms with van der Waals surface area (Å²) < 4.78 is 0. The van der Waals surface area contributed by atoms with Gasteiger partial charge in [-0.2, -0.15) is 0 Å². The summed E-state index contributed by atoms with van der Waals surface area (Å²) in [5.74, 6) is 0.945. The molecule has 1 saturated heterocycles. The smallest absolute Gasteiger partial charge is 0.232 e. The number of piperazine rings is 1. The number of hydrogen-bond donors (Lipinski definition) is 1. The Morgan fingerprint density at radius 2 is 2.05 bits per heavy atom. The molecule has 1 N–H and O–H groups in total. The highest BCUT2D eigenvalue weighted by Crippen LogP contribution is 2.10. The fraction of sp³-hybridized carbons (Fsp3) is 0.467. The van der Waals surface area contributed by atoms with Crippen molar-refractivity contribution in [2.75, 3.05) is 31.1 Å². The van der Waals surface area contributed by atoms with Crippen LogP contribution in [-0.4, -0.2) is 53.8 Å². The zero-order valence-corrected chi connectivity index (χ0v) is 12.5. The van der Waals surface area contributed by atoms with Crippen LogP contribution in [0.3, 0.4) is 0 Å². The van der Waals surface area contributed by atoms with Gasteiger partial charge in [0, 0.05) is 31.2 Å². The molecular formula is C15H20N2O2S. The van der Waals surface area contributed by atoms with Crippen molar-refractivity contribution in [3.8, 4) is 0 Å². The van der Waals surface area contributed by atoms with Crippen LogP contribution in [0.5, 0.6) is 0 Å². The molecule has 1 aliphatic rings. The molecule has 1 amide bonds. The van der Waals surface area contributed by atoms with Crippen molar-refractivity contribution < 1.29 is 9.59 Å². The highest BCUT2D eigenvalue weighted by molar-refractivity contribution is 8.00. The fourth-order valence-electron chi connectivity index (χ4n) is 2.23. The maximum absolute atomic E-state index is 12.1. The van der Waals surface area contributed by atoms with Crippen LogP contribution >= 0.6 is 11.8 Å². The minimum Gasteiger partial charge on any atom is -0.337 e. The molecule has 1 aromatic rings. The van der Waals surface area contributed by atoms with E-state index in [0.717, 1.165) is 19.6 Å². The molecule has 108 valence electrons. The van der Waals surface area contributed by atoms with Crippen LogP contribution in [0.4, 0.5) is 0 Å². The maximum Gasteiger partial charge on any atom is 0.232 e. The number of nitrogens with one attached hydrogen (secondary N) is 1. The summed E-state index contributed by atoms with van der Waals surface area (Å²) in [6, 6.07) is 9.45. The molecule has 5 heteroatoms. The minimum absolute atomic E-state index is 0.0803. The van der Waals surface area contributed by atoms with Gasteiger partial charge in [0.2, 0.25) is 5.91 Å². The van der Waals surface area contributed by atoms with Gasteiger partial charge in [0.05, 0.1) is 11.5 Å². The molecule has 0 bridgehead atoms. The molecule has 0 spiro atoms. The third-order valence-electron chi connectivity index (χ3n) is 3.38. The number of thioether (sulfide) groups is 1. The molecular weight excluding hydrogens is 272 g/mol. The van der Waals surface area contributed by atoms with Gasteiger partial charge in [0.1, 0.15) is 0 Å². The average Bonchev–Trinajstić information content (AvgIpc) is 2.48. The Balaban J connectivity index is 1.75. The lowest BCUT2D eigenvalue weighted by molar-refractivity contribution is -0.131. The van der Waals surface area contributed by atoms with E-state index in [9.17, 15) is 9.59 Å². The van der Waals surface area contributed by atoms with Crippen molar-refractivity contribution in [2.24, 2.45) is 0 Å². The Kier molecular flexibility index (Phi) is 5.61. The molecule has 1 atom stereocenters. The van der Waals surface area contributed by atoms with Crippen LogP contribution in [0, 0.1) is 0 Å².